The summed E-state index contributed by atoms with van der Waals surface area (Å²) >= 11 is 0. The molecule has 24 heavy (non-hydrogen) atoms. The van der Waals surface area contributed by atoms with E-state index in [4.69, 9.17) is 14.0 Å². The summed E-state index contributed by atoms with van der Waals surface area (Å²) in [7, 11) is 0. The summed E-state index contributed by atoms with van der Waals surface area (Å²) in [6, 6.07) is 5.94. The highest BCUT2D eigenvalue weighted by atomic mass is 16.7. The topological polar surface area (TPSA) is 47.7 Å². The lowest BCUT2D eigenvalue weighted by atomic mass is 10.0. The fraction of sp³-hybridized carbons (Fsp3) is 0.421. The lowest BCUT2D eigenvalue weighted by Gasteiger charge is -2.24. The van der Waals surface area contributed by atoms with Crippen molar-refractivity contribution in [2.75, 3.05) is 19.9 Å². The summed E-state index contributed by atoms with van der Waals surface area (Å²) in [5, 5.41) is 4.32. The van der Waals surface area contributed by atoms with Gasteiger partial charge >= 0.3 is 0 Å². The van der Waals surface area contributed by atoms with Crippen LogP contribution in [-0.2, 0) is 13.0 Å². The van der Waals surface area contributed by atoms with E-state index in [1.165, 1.54) is 5.56 Å². The van der Waals surface area contributed by atoms with Crippen molar-refractivity contribution in [3.8, 4) is 22.8 Å². The Labute approximate surface area is 141 Å². The van der Waals surface area contributed by atoms with Gasteiger partial charge in [-0.15, -0.1) is 0 Å². The van der Waals surface area contributed by atoms with E-state index >= 15 is 0 Å². The minimum atomic E-state index is 0.283. The monoisotopic (exact) mass is 326 g/mol. The molecule has 3 heterocycles. The normalized spacial score (nSPS) is 17.0. The van der Waals surface area contributed by atoms with Gasteiger partial charge in [-0.25, -0.2) is 0 Å². The largest absolute Gasteiger partial charge is 0.454 e. The minimum Gasteiger partial charge on any atom is -0.454 e. The number of fused-ring (bicyclic) bond motifs is 2. The highest BCUT2D eigenvalue weighted by Gasteiger charge is 2.25. The Balaban J connectivity index is 1.56. The van der Waals surface area contributed by atoms with E-state index in [0.29, 0.717) is 5.92 Å². The lowest BCUT2D eigenvalue weighted by molar-refractivity contribution is 0.174. The van der Waals surface area contributed by atoms with Crippen molar-refractivity contribution >= 4 is 0 Å². The van der Waals surface area contributed by atoms with Gasteiger partial charge in [-0.3, -0.25) is 4.90 Å². The number of hydrogen-bond acceptors (Lipinski definition) is 5. The van der Waals surface area contributed by atoms with Crippen LogP contribution in [0.3, 0.4) is 0 Å². The molecule has 5 nitrogen and oxygen atoms in total. The van der Waals surface area contributed by atoms with Crippen molar-refractivity contribution in [2.45, 2.75) is 26.8 Å². The van der Waals surface area contributed by atoms with Gasteiger partial charge in [0, 0.05) is 37.2 Å². The first-order valence-corrected chi connectivity index (χ1v) is 8.47. The van der Waals surface area contributed by atoms with Crippen molar-refractivity contribution in [1.29, 1.82) is 0 Å². The van der Waals surface area contributed by atoms with Crippen LogP contribution in [0.2, 0.25) is 0 Å². The zero-order valence-corrected chi connectivity index (χ0v) is 14.1. The van der Waals surface area contributed by atoms with Crippen LogP contribution >= 0.6 is 0 Å². The maximum Gasteiger partial charge on any atom is 0.231 e. The molecule has 4 rings (SSSR count). The first kappa shape index (κ1) is 15.3. The average Bonchev–Trinajstić information content (AvgIpc) is 3.20. The Morgan fingerprint density at radius 1 is 1.25 bits per heavy atom. The van der Waals surface area contributed by atoms with Crippen molar-refractivity contribution in [3.63, 3.8) is 0 Å². The lowest BCUT2D eigenvalue weighted by Crippen LogP contribution is -2.30. The molecule has 0 fully saturated rings. The van der Waals surface area contributed by atoms with E-state index in [1.54, 1.807) is 0 Å². The van der Waals surface area contributed by atoms with E-state index in [-0.39, 0.29) is 6.79 Å². The van der Waals surface area contributed by atoms with Gasteiger partial charge in [-0.2, -0.15) is 0 Å². The van der Waals surface area contributed by atoms with Gasteiger partial charge in [0.15, 0.2) is 11.5 Å². The van der Waals surface area contributed by atoms with Gasteiger partial charge in [-0.05, 0) is 24.1 Å². The number of benzene rings is 1. The summed E-state index contributed by atoms with van der Waals surface area (Å²) in [5.41, 5.74) is 3.13. The highest BCUT2D eigenvalue weighted by molar-refractivity contribution is 5.67. The van der Waals surface area contributed by atoms with E-state index in [9.17, 15) is 0 Å². The van der Waals surface area contributed by atoms with E-state index < -0.39 is 0 Å². The smallest absolute Gasteiger partial charge is 0.231 e. The predicted octanol–water partition coefficient (Wildman–Crippen LogP) is 3.64. The predicted molar refractivity (Wildman–Crippen MR) is 91.0 cm³/mol. The summed E-state index contributed by atoms with van der Waals surface area (Å²) in [6.45, 7) is 7.51. The van der Waals surface area contributed by atoms with Crippen LogP contribution in [0, 0.1) is 5.92 Å². The fourth-order valence-corrected chi connectivity index (χ4v) is 3.17. The number of aromatic nitrogens is 1. The second-order valence-electron chi connectivity index (χ2n) is 6.66. The Bertz CT molecular complexity index is 764. The molecule has 0 saturated carbocycles. The molecule has 0 unspecified atom stereocenters. The molecule has 2 aliphatic rings. The minimum absolute atomic E-state index is 0.283. The molecular weight excluding hydrogens is 304 g/mol. The number of allylic oxidation sites excluding steroid dienone is 1. The van der Waals surface area contributed by atoms with Gasteiger partial charge in [0.1, 0.15) is 11.5 Å². The van der Waals surface area contributed by atoms with Gasteiger partial charge in [0.05, 0.1) is 0 Å². The molecule has 0 amide bonds. The van der Waals surface area contributed by atoms with E-state index in [0.717, 1.165) is 54.6 Å². The van der Waals surface area contributed by atoms with Crippen LogP contribution in [0.5, 0.6) is 11.5 Å². The molecule has 0 spiro atoms. The third-order valence-corrected chi connectivity index (χ3v) is 4.44. The number of rotatable bonds is 4. The van der Waals surface area contributed by atoms with Gasteiger partial charge in [0.2, 0.25) is 6.79 Å². The third-order valence-electron chi connectivity index (χ3n) is 4.44. The molecule has 0 atom stereocenters. The maximum atomic E-state index is 5.59. The van der Waals surface area contributed by atoms with Crippen LogP contribution in [0.1, 0.15) is 25.2 Å². The molecule has 0 bridgehead atoms. The summed E-state index contributed by atoms with van der Waals surface area (Å²) in [4.78, 5) is 2.43. The van der Waals surface area contributed by atoms with Crippen molar-refractivity contribution in [3.05, 3.63) is 41.7 Å². The van der Waals surface area contributed by atoms with Crippen LogP contribution in [0.15, 0.2) is 34.9 Å². The molecular formula is C19H22N2O3. The molecule has 0 aliphatic carbocycles. The van der Waals surface area contributed by atoms with Crippen molar-refractivity contribution in [2.24, 2.45) is 5.92 Å². The van der Waals surface area contributed by atoms with E-state index in [1.807, 2.05) is 18.2 Å². The summed E-state index contributed by atoms with van der Waals surface area (Å²) in [6.07, 6.45) is 5.41. The van der Waals surface area contributed by atoms with Crippen molar-refractivity contribution in [1.82, 2.24) is 10.1 Å². The zero-order chi connectivity index (χ0) is 16.5. The van der Waals surface area contributed by atoms with Gasteiger partial charge in [0.25, 0.3) is 0 Å². The second-order valence-corrected chi connectivity index (χ2v) is 6.66. The maximum absolute atomic E-state index is 5.59. The number of ether oxygens (including phenoxy) is 2. The zero-order valence-electron chi connectivity index (χ0n) is 14.1. The number of hydrogen-bond donors (Lipinski definition) is 0. The molecule has 2 aliphatic heterocycles. The first-order valence-electron chi connectivity index (χ1n) is 8.47. The Kier molecular flexibility index (Phi) is 4.02. The fourth-order valence-electron chi connectivity index (χ4n) is 3.17. The molecule has 126 valence electrons. The van der Waals surface area contributed by atoms with Crippen LogP contribution in [0.4, 0.5) is 0 Å². The Hall–Kier alpha value is -2.27. The van der Waals surface area contributed by atoms with Gasteiger partial charge < -0.3 is 14.0 Å². The Morgan fingerprint density at radius 2 is 2.12 bits per heavy atom. The summed E-state index contributed by atoms with van der Waals surface area (Å²) in [5.74, 6) is 3.16. The molecule has 1 aromatic carbocycles. The average molecular weight is 326 g/mol. The van der Waals surface area contributed by atoms with E-state index in [2.05, 4.69) is 36.1 Å². The quantitative estimate of drug-likeness (QED) is 0.803. The molecule has 0 N–H and O–H groups in total. The van der Waals surface area contributed by atoms with Crippen LogP contribution in [0.25, 0.3) is 11.3 Å². The third kappa shape index (κ3) is 2.91. The first-order chi connectivity index (χ1) is 11.7. The standard InChI is InChI=1S/C19H22N2O3/c1-13(2)4-3-8-21-9-7-16-15(11-21)19(20-24-16)14-5-6-17-18(10-14)23-12-22-17/h3-6,10,13H,7-9,11-12H2,1-2H3/b4-3+. The molecule has 0 saturated heterocycles. The molecule has 5 heteroatoms. The molecule has 0 radical (unpaired) electrons. The Morgan fingerprint density at radius 3 is 3.00 bits per heavy atom. The molecule has 2 aromatic rings. The van der Waals surface area contributed by atoms with Crippen molar-refractivity contribution < 1.29 is 14.0 Å². The van der Waals surface area contributed by atoms with Gasteiger partial charge in [-0.1, -0.05) is 31.2 Å². The molecule has 1 aromatic heterocycles. The highest BCUT2D eigenvalue weighted by Crippen LogP contribution is 2.37. The van der Waals surface area contributed by atoms with Crippen LogP contribution < -0.4 is 9.47 Å². The summed E-state index contributed by atoms with van der Waals surface area (Å²) < 4.78 is 16.4. The SMILES string of the molecule is CC(C)/C=C/CN1CCc2onc(-c3ccc4c(c3)OCO4)c2C1. The second kappa shape index (κ2) is 6.32. The number of nitrogens with zero attached hydrogens (tertiary/aromatic N) is 2. The van der Waals surface area contributed by atoms with Crippen LogP contribution in [-0.4, -0.2) is 29.9 Å².